The van der Waals surface area contributed by atoms with Crippen LogP contribution < -0.4 is 16.0 Å². The van der Waals surface area contributed by atoms with Crippen molar-refractivity contribution >= 4 is 28.3 Å². The first-order chi connectivity index (χ1) is 9.65. The summed E-state index contributed by atoms with van der Waals surface area (Å²) < 4.78 is 1.32. The largest absolute Gasteiger partial charge is 0.286 e. The molecule has 1 aromatic heterocycles. The highest BCUT2D eigenvalue weighted by atomic mass is 32.2. The zero-order valence-corrected chi connectivity index (χ0v) is 11.9. The summed E-state index contributed by atoms with van der Waals surface area (Å²) >= 11 is 1.32. The second-order valence-corrected chi connectivity index (χ2v) is 5.31. The molecule has 0 unspecified atom stereocenters. The van der Waals surface area contributed by atoms with Crippen molar-refractivity contribution in [1.82, 2.24) is 15.2 Å². The van der Waals surface area contributed by atoms with E-state index in [0.717, 1.165) is 11.4 Å². The van der Waals surface area contributed by atoms with Gasteiger partial charge < -0.3 is 0 Å². The maximum Gasteiger partial charge on any atom is 0.282 e. The average Bonchev–Trinajstić information content (AvgIpc) is 2.44. The molecule has 0 saturated heterocycles. The van der Waals surface area contributed by atoms with E-state index in [1.54, 1.807) is 18.3 Å². The molecular formula is C13H13N5OS. The van der Waals surface area contributed by atoms with E-state index < -0.39 is 0 Å². The SMILES string of the molecule is CN1NC(=Nc2ccccc2)Sc2c1cnn(C)c2=O. The van der Waals surface area contributed by atoms with Crippen LogP contribution in [0.25, 0.3) is 0 Å². The van der Waals surface area contributed by atoms with E-state index in [-0.39, 0.29) is 5.56 Å². The van der Waals surface area contributed by atoms with Gasteiger partial charge in [-0.05, 0) is 23.9 Å². The number of amidine groups is 1. The summed E-state index contributed by atoms with van der Waals surface area (Å²) in [5.74, 6) is 0. The van der Waals surface area contributed by atoms with Crippen molar-refractivity contribution in [3.63, 3.8) is 0 Å². The van der Waals surface area contributed by atoms with E-state index in [1.807, 2.05) is 37.4 Å². The minimum atomic E-state index is -0.124. The van der Waals surface area contributed by atoms with Gasteiger partial charge >= 0.3 is 0 Å². The Balaban J connectivity index is 2.02. The Bertz CT molecular complexity index is 725. The molecule has 0 saturated carbocycles. The molecule has 7 heteroatoms. The first-order valence-corrected chi connectivity index (χ1v) is 6.85. The first kappa shape index (κ1) is 12.7. The number of para-hydroxylation sites is 1. The molecule has 1 N–H and O–H groups in total. The topological polar surface area (TPSA) is 62.5 Å². The lowest BCUT2D eigenvalue weighted by Gasteiger charge is -2.28. The minimum absolute atomic E-state index is 0.124. The highest BCUT2D eigenvalue weighted by Gasteiger charge is 2.22. The fourth-order valence-electron chi connectivity index (χ4n) is 1.83. The highest BCUT2D eigenvalue weighted by molar-refractivity contribution is 8.14. The van der Waals surface area contributed by atoms with Gasteiger partial charge in [-0.25, -0.2) is 9.67 Å². The van der Waals surface area contributed by atoms with Crippen LogP contribution in [0.2, 0.25) is 0 Å². The van der Waals surface area contributed by atoms with Gasteiger partial charge in [0.25, 0.3) is 5.56 Å². The van der Waals surface area contributed by atoms with Crippen LogP contribution in [0, 0.1) is 0 Å². The van der Waals surface area contributed by atoms with Crippen LogP contribution in [-0.4, -0.2) is 22.0 Å². The van der Waals surface area contributed by atoms with Gasteiger partial charge in [-0.15, -0.1) is 0 Å². The summed E-state index contributed by atoms with van der Waals surface area (Å²) in [6.07, 6.45) is 1.66. The van der Waals surface area contributed by atoms with Gasteiger partial charge in [-0.3, -0.25) is 15.2 Å². The molecule has 6 nitrogen and oxygen atoms in total. The van der Waals surface area contributed by atoms with Crippen LogP contribution >= 0.6 is 11.8 Å². The van der Waals surface area contributed by atoms with Crippen LogP contribution in [0.4, 0.5) is 11.4 Å². The number of aryl methyl sites for hydroxylation is 1. The third-order valence-electron chi connectivity index (χ3n) is 2.88. The molecule has 0 spiro atoms. The Labute approximate surface area is 120 Å². The predicted octanol–water partition coefficient (Wildman–Crippen LogP) is 1.51. The van der Waals surface area contributed by atoms with Crippen molar-refractivity contribution in [2.75, 3.05) is 12.1 Å². The molecular weight excluding hydrogens is 274 g/mol. The number of anilines is 1. The van der Waals surface area contributed by atoms with E-state index in [4.69, 9.17) is 0 Å². The quantitative estimate of drug-likeness (QED) is 0.861. The van der Waals surface area contributed by atoms with Gasteiger partial charge in [0.2, 0.25) is 0 Å². The van der Waals surface area contributed by atoms with Gasteiger partial charge in [-0.1, -0.05) is 18.2 Å². The van der Waals surface area contributed by atoms with E-state index in [9.17, 15) is 4.79 Å². The Morgan fingerprint density at radius 3 is 2.75 bits per heavy atom. The maximum absolute atomic E-state index is 12.1. The smallest absolute Gasteiger partial charge is 0.282 e. The number of rotatable bonds is 1. The Hall–Kier alpha value is -2.28. The molecule has 1 aromatic carbocycles. The molecule has 0 bridgehead atoms. The Morgan fingerprint density at radius 2 is 2.00 bits per heavy atom. The number of hydrogen-bond acceptors (Lipinski definition) is 5. The summed E-state index contributed by atoms with van der Waals surface area (Å²) in [5.41, 5.74) is 4.60. The fourth-order valence-corrected chi connectivity index (χ4v) is 2.88. The number of nitrogens with one attached hydrogen (secondary N) is 1. The summed E-state index contributed by atoms with van der Waals surface area (Å²) in [6, 6.07) is 9.61. The van der Waals surface area contributed by atoms with Gasteiger partial charge in [0.1, 0.15) is 4.90 Å². The molecule has 2 heterocycles. The highest BCUT2D eigenvalue weighted by Crippen LogP contribution is 2.30. The molecule has 1 aliphatic heterocycles. The van der Waals surface area contributed by atoms with E-state index in [1.165, 1.54) is 16.4 Å². The lowest BCUT2D eigenvalue weighted by molar-refractivity contribution is 0.679. The molecule has 2 aromatic rings. The summed E-state index contributed by atoms with van der Waals surface area (Å²) in [7, 11) is 3.47. The van der Waals surface area contributed by atoms with Gasteiger partial charge in [-0.2, -0.15) is 5.10 Å². The third-order valence-corrected chi connectivity index (χ3v) is 3.85. The molecule has 102 valence electrons. The van der Waals surface area contributed by atoms with Crippen LogP contribution in [0.15, 0.2) is 51.2 Å². The minimum Gasteiger partial charge on any atom is -0.286 e. The molecule has 3 rings (SSSR count). The summed E-state index contributed by atoms with van der Waals surface area (Å²) in [4.78, 5) is 17.2. The molecule has 0 aliphatic carbocycles. The molecule has 0 radical (unpaired) electrons. The normalized spacial score (nSPS) is 15.9. The fraction of sp³-hybridized carbons (Fsp3) is 0.154. The number of fused-ring (bicyclic) bond motifs is 1. The van der Waals surface area contributed by atoms with Crippen molar-refractivity contribution < 1.29 is 0 Å². The van der Waals surface area contributed by atoms with Gasteiger partial charge in [0.15, 0.2) is 5.17 Å². The van der Waals surface area contributed by atoms with Gasteiger partial charge in [0.05, 0.1) is 17.6 Å². The maximum atomic E-state index is 12.1. The number of hydrogen-bond donors (Lipinski definition) is 1. The zero-order valence-electron chi connectivity index (χ0n) is 11.1. The number of nitrogens with zero attached hydrogens (tertiary/aromatic N) is 4. The predicted molar refractivity (Wildman–Crippen MR) is 80.4 cm³/mol. The van der Waals surface area contributed by atoms with E-state index in [0.29, 0.717) is 10.1 Å². The van der Waals surface area contributed by atoms with Crippen molar-refractivity contribution in [3.05, 3.63) is 46.9 Å². The number of benzene rings is 1. The van der Waals surface area contributed by atoms with Crippen LogP contribution in [0.1, 0.15) is 0 Å². The van der Waals surface area contributed by atoms with Gasteiger partial charge in [0, 0.05) is 14.1 Å². The van der Waals surface area contributed by atoms with Crippen LogP contribution in [0.3, 0.4) is 0 Å². The van der Waals surface area contributed by atoms with E-state index >= 15 is 0 Å². The Kier molecular flexibility index (Phi) is 3.19. The molecule has 0 fully saturated rings. The van der Waals surface area contributed by atoms with Crippen LogP contribution in [-0.2, 0) is 7.05 Å². The lowest BCUT2D eigenvalue weighted by Crippen LogP contribution is -2.43. The molecule has 0 amide bonds. The van der Waals surface area contributed by atoms with Crippen LogP contribution in [0.5, 0.6) is 0 Å². The van der Waals surface area contributed by atoms with E-state index in [2.05, 4.69) is 15.5 Å². The number of hydrazine groups is 1. The second-order valence-electron chi connectivity index (χ2n) is 4.31. The molecule has 20 heavy (non-hydrogen) atoms. The number of thioether (sulfide) groups is 1. The Morgan fingerprint density at radius 1 is 1.25 bits per heavy atom. The number of aliphatic imine (C=N–C) groups is 1. The first-order valence-electron chi connectivity index (χ1n) is 6.03. The molecule has 0 atom stereocenters. The average molecular weight is 287 g/mol. The van der Waals surface area contributed by atoms with Crippen molar-refractivity contribution in [1.29, 1.82) is 0 Å². The lowest BCUT2D eigenvalue weighted by atomic mass is 10.3. The summed E-state index contributed by atoms with van der Waals surface area (Å²) in [5, 5.41) is 6.43. The second kappa shape index (κ2) is 5.01. The molecule has 1 aliphatic rings. The zero-order chi connectivity index (χ0) is 14.1. The standard InChI is InChI=1S/C13H13N5OS/c1-17-10-8-14-18(2)12(19)11(10)20-13(16-17)15-9-6-4-3-5-7-9/h3-8H,1-2H3,(H,15,16). The van der Waals surface area contributed by atoms with Crippen molar-refractivity contribution in [2.24, 2.45) is 12.0 Å². The van der Waals surface area contributed by atoms with Crippen molar-refractivity contribution in [3.8, 4) is 0 Å². The monoisotopic (exact) mass is 287 g/mol. The summed E-state index contributed by atoms with van der Waals surface area (Å²) in [6.45, 7) is 0. The number of aromatic nitrogens is 2. The van der Waals surface area contributed by atoms with Crippen molar-refractivity contribution in [2.45, 2.75) is 4.90 Å². The third kappa shape index (κ3) is 2.27.